The molecule has 134 valence electrons. The van der Waals surface area contributed by atoms with Crippen molar-refractivity contribution in [2.75, 3.05) is 11.4 Å². The fourth-order valence-electron chi connectivity index (χ4n) is 2.65. The molecule has 0 aliphatic carbocycles. The fourth-order valence-corrected chi connectivity index (χ4v) is 3.37. The third-order valence-electron chi connectivity index (χ3n) is 4.05. The summed E-state index contributed by atoms with van der Waals surface area (Å²) in [7, 11) is 0. The second-order valence-electron chi connectivity index (χ2n) is 6.34. The topological polar surface area (TPSA) is 66.3 Å². The fraction of sp³-hybridized carbons (Fsp3) is 0.250. The SMILES string of the molecule is CC(C)c1ccc(-c2nccc(N(CC(=O)O)Cc3cccs3)n2)cc1. The van der Waals surface area contributed by atoms with E-state index in [0.29, 0.717) is 24.1 Å². The van der Waals surface area contributed by atoms with E-state index in [9.17, 15) is 9.90 Å². The summed E-state index contributed by atoms with van der Waals surface area (Å²) in [4.78, 5) is 23.1. The molecule has 0 radical (unpaired) electrons. The molecule has 0 atom stereocenters. The van der Waals surface area contributed by atoms with Crippen molar-refractivity contribution in [3.8, 4) is 11.4 Å². The Kier molecular flexibility index (Phi) is 5.63. The van der Waals surface area contributed by atoms with Crippen molar-refractivity contribution in [3.63, 3.8) is 0 Å². The molecule has 3 rings (SSSR count). The number of hydrogen-bond donors (Lipinski definition) is 1. The van der Waals surface area contributed by atoms with Gasteiger partial charge in [0, 0.05) is 16.6 Å². The average molecular weight is 367 g/mol. The number of aliphatic carboxylic acids is 1. The van der Waals surface area contributed by atoms with E-state index in [0.717, 1.165) is 10.4 Å². The Hall–Kier alpha value is -2.73. The van der Waals surface area contributed by atoms with Gasteiger partial charge in [-0.05, 0) is 29.0 Å². The van der Waals surface area contributed by atoms with Crippen molar-refractivity contribution in [1.82, 2.24) is 9.97 Å². The molecule has 1 N–H and O–H groups in total. The third-order valence-corrected chi connectivity index (χ3v) is 4.91. The number of thiophene rings is 1. The van der Waals surface area contributed by atoms with E-state index >= 15 is 0 Å². The molecule has 0 amide bonds. The minimum Gasteiger partial charge on any atom is -0.480 e. The predicted molar refractivity (Wildman–Crippen MR) is 105 cm³/mol. The van der Waals surface area contributed by atoms with Crippen molar-refractivity contribution < 1.29 is 9.90 Å². The van der Waals surface area contributed by atoms with E-state index in [2.05, 4.69) is 35.9 Å². The molecule has 0 spiro atoms. The Balaban J connectivity index is 1.88. The van der Waals surface area contributed by atoms with Crippen LogP contribution in [0.15, 0.2) is 54.0 Å². The highest BCUT2D eigenvalue weighted by Gasteiger charge is 2.15. The van der Waals surface area contributed by atoms with Gasteiger partial charge in [0.1, 0.15) is 12.4 Å². The molecule has 2 heterocycles. The summed E-state index contributed by atoms with van der Waals surface area (Å²) < 4.78 is 0. The van der Waals surface area contributed by atoms with Crippen LogP contribution in [0.25, 0.3) is 11.4 Å². The van der Waals surface area contributed by atoms with Crippen LogP contribution in [0.1, 0.15) is 30.2 Å². The van der Waals surface area contributed by atoms with Gasteiger partial charge in [-0.2, -0.15) is 0 Å². The molecule has 5 nitrogen and oxygen atoms in total. The third kappa shape index (κ3) is 4.46. The Labute approximate surface area is 157 Å². The highest BCUT2D eigenvalue weighted by molar-refractivity contribution is 7.09. The number of aromatic nitrogens is 2. The maximum absolute atomic E-state index is 11.3. The zero-order chi connectivity index (χ0) is 18.5. The van der Waals surface area contributed by atoms with E-state index in [4.69, 9.17) is 0 Å². The highest BCUT2D eigenvalue weighted by atomic mass is 32.1. The predicted octanol–water partition coefficient (Wildman–Crippen LogP) is 4.42. The highest BCUT2D eigenvalue weighted by Crippen LogP contribution is 2.23. The minimum atomic E-state index is -0.886. The molecule has 0 fully saturated rings. The summed E-state index contributed by atoms with van der Waals surface area (Å²) in [6.07, 6.45) is 1.68. The molecule has 0 aliphatic rings. The van der Waals surface area contributed by atoms with Crippen molar-refractivity contribution in [1.29, 1.82) is 0 Å². The van der Waals surface area contributed by atoms with Gasteiger partial charge >= 0.3 is 5.97 Å². The summed E-state index contributed by atoms with van der Waals surface area (Å²) in [6, 6.07) is 13.9. The summed E-state index contributed by atoms with van der Waals surface area (Å²) >= 11 is 1.60. The minimum absolute atomic E-state index is 0.110. The maximum Gasteiger partial charge on any atom is 0.323 e. The summed E-state index contributed by atoms with van der Waals surface area (Å²) in [6.45, 7) is 4.70. The van der Waals surface area contributed by atoms with Crippen molar-refractivity contribution in [2.45, 2.75) is 26.3 Å². The monoisotopic (exact) mass is 367 g/mol. The number of carbonyl (C=O) groups is 1. The van der Waals surface area contributed by atoms with Crippen LogP contribution >= 0.6 is 11.3 Å². The number of anilines is 1. The van der Waals surface area contributed by atoms with Crippen LogP contribution in [0.2, 0.25) is 0 Å². The zero-order valence-corrected chi connectivity index (χ0v) is 15.6. The number of hydrogen-bond acceptors (Lipinski definition) is 5. The van der Waals surface area contributed by atoms with Crippen LogP contribution in [0.3, 0.4) is 0 Å². The molecular formula is C20H21N3O2S. The molecule has 1 aromatic carbocycles. The number of nitrogens with zero attached hydrogens (tertiary/aromatic N) is 3. The molecule has 0 unspecified atom stereocenters. The van der Waals surface area contributed by atoms with Crippen LogP contribution in [0.5, 0.6) is 0 Å². The first-order valence-electron chi connectivity index (χ1n) is 8.45. The summed E-state index contributed by atoms with van der Waals surface area (Å²) in [5, 5.41) is 11.2. The largest absolute Gasteiger partial charge is 0.480 e. The van der Waals surface area contributed by atoms with E-state index in [1.807, 2.05) is 29.6 Å². The van der Waals surface area contributed by atoms with Gasteiger partial charge in [-0.1, -0.05) is 44.2 Å². The quantitative estimate of drug-likeness (QED) is 0.669. The number of carboxylic acid groups (broad SMARTS) is 1. The van der Waals surface area contributed by atoms with E-state index < -0.39 is 5.97 Å². The Bertz CT molecular complexity index is 861. The van der Waals surface area contributed by atoms with Crippen molar-refractivity contribution in [2.24, 2.45) is 0 Å². The normalized spacial score (nSPS) is 10.9. The molecular weight excluding hydrogens is 346 g/mol. The van der Waals surface area contributed by atoms with Crippen LogP contribution < -0.4 is 4.90 Å². The number of carboxylic acids is 1. The van der Waals surface area contributed by atoms with E-state index in [1.54, 1.807) is 28.5 Å². The first-order chi connectivity index (χ1) is 12.5. The van der Waals surface area contributed by atoms with Gasteiger partial charge in [0.2, 0.25) is 0 Å². The molecule has 6 heteroatoms. The lowest BCUT2D eigenvalue weighted by atomic mass is 10.0. The summed E-state index contributed by atoms with van der Waals surface area (Å²) in [5.74, 6) is 0.786. The van der Waals surface area contributed by atoms with E-state index in [1.165, 1.54) is 5.56 Å². The molecule has 2 aromatic heterocycles. The van der Waals surface area contributed by atoms with Gasteiger partial charge in [-0.3, -0.25) is 4.79 Å². The van der Waals surface area contributed by atoms with Gasteiger partial charge < -0.3 is 10.0 Å². The van der Waals surface area contributed by atoms with Crippen molar-refractivity contribution >= 4 is 23.1 Å². The Morgan fingerprint density at radius 1 is 1.19 bits per heavy atom. The Morgan fingerprint density at radius 3 is 2.58 bits per heavy atom. The van der Waals surface area contributed by atoms with Gasteiger partial charge in [-0.15, -0.1) is 11.3 Å². The summed E-state index contributed by atoms with van der Waals surface area (Å²) in [5.41, 5.74) is 2.18. The van der Waals surface area contributed by atoms with Gasteiger partial charge in [0.25, 0.3) is 0 Å². The smallest absolute Gasteiger partial charge is 0.323 e. The molecule has 0 saturated heterocycles. The van der Waals surface area contributed by atoms with Crippen molar-refractivity contribution in [3.05, 3.63) is 64.5 Å². The lowest BCUT2D eigenvalue weighted by molar-refractivity contribution is -0.135. The number of benzene rings is 1. The van der Waals surface area contributed by atoms with Gasteiger partial charge in [0.05, 0.1) is 6.54 Å². The van der Waals surface area contributed by atoms with Crippen LogP contribution in [-0.2, 0) is 11.3 Å². The first kappa shape index (κ1) is 18.1. The molecule has 0 saturated carbocycles. The van der Waals surface area contributed by atoms with E-state index in [-0.39, 0.29) is 6.54 Å². The molecule has 0 bridgehead atoms. The second-order valence-corrected chi connectivity index (χ2v) is 7.38. The lowest BCUT2D eigenvalue weighted by Gasteiger charge is -2.21. The zero-order valence-electron chi connectivity index (χ0n) is 14.8. The van der Waals surface area contributed by atoms with Gasteiger partial charge in [0.15, 0.2) is 5.82 Å². The molecule has 26 heavy (non-hydrogen) atoms. The number of rotatable bonds is 7. The molecule has 0 aliphatic heterocycles. The maximum atomic E-state index is 11.3. The van der Waals surface area contributed by atoms with Crippen LogP contribution in [0, 0.1) is 0 Å². The standard InChI is InChI=1S/C20H21N3O2S/c1-14(2)15-5-7-16(8-6-15)20-21-10-9-18(22-20)23(13-19(24)25)12-17-4-3-11-26-17/h3-11,14H,12-13H2,1-2H3,(H,24,25). The molecule has 3 aromatic rings. The average Bonchev–Trinajstić information content (AvgIpc) is 3.14. The first-order valence-corrected chi connectivity index (χ1v) is 9.33. The second kappa shape index (κ2) is 8.10. The Morgan fingerprint density at radius 2 is 1.96 bits per heavy atom. The van der Waals surface area contributed by atoms with Gasteiger partial charge in [-0.25, -0.2) is 9.97 Å². The van der Waals surface area contributed by atoms with Crippen LogP contribution in [0.4, 0.5) is 5.82 Å². The lowest BCUT2D eigenvalue weighted by Crippen LogP contribution is -2.29. The van der Waals surface area contributed by atoms with Crippen LogP contribution in [-0.4, -0.2) is 27.6 Å².